The van der Waals surface area contributed by atoms with E-state index in [9.17, 15) is 9.90 Å². The van der Waals surface area contributed by atoms with Gasteiger partial charge in [-0.3, -0.25) is 4.79 Å². The Balaban J connectivity index is 1.92. The van der Waals surface area contributed by atoms with E-state index in [1.165, 1.54) is 6.92 Å². The second-order valence-electron chi connectivity index (χ2n) is 5.98. The van der Waals surface area contributed by atoms with Crippen LogP contribution in [0.25, 0.3) is 0 Å². The van der Waals surface area contributed by atoms with E-state index in [-0.39, 0.29) is 11.9 Å². The van der Waals surface area contributed by atoms with Crippen molar-refractivity contribution < 1.29 is 19.7 Å². The summed E-state index contributed by atoms with van der Waals surface area (Å²) in [6, 6.07) is 9.70. The molecule has 1 spiro atoms. The molecular formula is C16H20O4. The van der Waals surface area contributed by atoms with Crippen LogP contribution < -0.4 is 0 Å². The quantitative estimate of drug-likeness (QED) is 0.801. The third-order valence-electron chi connectivity index (χ3n) is 4.71. The van der Waals surface area contributed by atoms with E-state index in [2.05, 4.69) is 0 Å². The highest BCUT2D eigenvalue weighted by Crippen LogP contribution is 2.52. The maximum absolute atomic E-state index is 12.5. The van der Waals surface area contributed by atoms with Crippen molar-refractivity contribution in [3.8, 4) is 0 Å². The monoisotopic (exact) mass is 276 g/mol. The molecule has 1 N–H and O–H groups in total. The summed E-state index contributed by atoms with van der Waals surface area (Å²) in [7, 11) is 0. The fourth-order valence-corrected chi connectivity index (χ4v) is 3.41. The summed E-state index contributed by atoms with van der Waals surface area (Å²) in [6.45, 7) is 1.54. The molecule has 1 saturated carbocycles. The predicted molar refractivity (Wildman–Crippen MR) is 72.5 cm³/mol. The van der Waals surface area contributed by atoms with Crippen molar-refractivity contribution in [2.24, 2.45) is 5.41 Å². The first kappa shape index (κ1) is 13.7. The fraction of sp³-hybridized carbons (Fsp3) is 0.562. The number of hydrogen-bond donors (Lipinski definition) is 1. The highest BCUT2D eigenvalue weighted by atomic mass is 17.2. The molecule has 4 heteroatoms. The molecule has 1 aliphatic heterocycles. The van der Waals surface area contributed by atoms with E-state index in [1.807, 2.05) is 30.3 Å². The molecular weight excluding hydrogens is 256 g/mol. The minimum absolute atomic E-state index is 0.0954. The van der Waals surface area contributed by atoms with Gasteiger partial charge < -0.3 is 5.11 Å². The molecule has 0 bridgehead atoms. The molecule has 0 radical (unpaired) electrons. The minimum atomic E-state index is -1.55. The third-order valence-corrected chi connectivity index (χ3v) is 4.71. The number of carbonyl (C=O) groups excluding carboxylic acids is 1. The molecule has 3 unspecified atom stereocenters. The Hall–Kier alpha value is -1.23. The molecule has 0 aromatic heterocycles. The topological polar surface area (TPSA) is 55.8 Å². The van der Waals surface area contributed by atoms with Crippen molar-refractivity contribution >= 4 is 5.78 Å². The second-order valence-corrected chi connectivity index (χ2v) is 5.98. The molecule has 3 rings (SSSR count). The number of ketones is 1. The van der Waals surface area contributed by atoms with Gasteiger partial charge in [-0.15, -0.1) is 0 Å². The molecule has 2 fully saturated rings. The van der Waals surface area contributed by atoms with Crippen LogP contribution in [-0.4, -0.2) is 16.7 Å². The predicted octanol–water partition coefficient (Wildman–Crippen LogP) is 2.92. The average Bonchev–Trinajstić information content (AvgIpc) is 2.45. The smallest absolute Gasteiger partial charge is 0.209 e. The molecule has 108 valence electrons. The normalized spacial score (nSPS) is 38.1. The SMILES string of the molecule is CC1(O)OOC(c2ccccc2)CC12CCCCC2=O. The summed E-state index contributed by atoms with van der Waals surface area (Å²) >= 11 is 0. The zero-order valence-corrected chi connectivity index (χ0v) is 11.7. The number of carbonyl (C=O) groups is 1. The Kier molecular flexibility index (Phi) is 3.40. The van der Waals surface area contributed by atoms with Gasteiger partial charge in [0, 0.05) is 6.42 Å². The van der Waals surface area contributed by atoms with Gasteiger partial charge in [-0.2, -0.15) is 4.89 Å². The lowest BCUT2D eigenvalue weighted by Gasteiger charge is -2.49. The van der Waals surface area contributed by atoms with Crippen molar-refractivity contribution in [1.29, 1.82) is 0 Å². The lowest BCUT2D eigenvalue weighted by Crippen LogP contribution is -2.57. The summed E-state index contributed by atoms with van der Waals surface area (Å²) < 4.78 is 0. The van der Waals surface area contributed by atoms with E-state index in [0.717, 1.165) is 18.4 Å². The van der Waals surface area contributed by atoms with E-state index in [1.54, 1.807) is 0 Å². The molecule has 4 nitrogen and oxygen atoms in total. The Labute approximate surface area is 118 Å². The summed E-state index contributed by atoms with van der Waals surface area (Å²) in [5, 5.41) is 10.5. The maximum atomic E-state index is 12.5. The number of rotatable bonds is 1. The first-order chi connectivity index (χ1) is 9.55. The first-order valence-electron chi connectivity index (χ1n) is 7.20. The third kappa shape index (κ3) is 2.08. The van der Waals surface area contributed by atoms with Crippen LogP contribution in [0.15, 0.2) is 30.3 Å². The van der Waals surface area contributed by atoms with E-state index in [4.69, 9.17) is 9.78 Å². The van der Waals surface area contributed by atoms with Gasteiger partial charge in [0.2, 0.25) is 5.79 Å². The zero-order chi connectivity index (χ0) is 14.2. The van der Waals surface area contributed by atoms with Gasteiger partial charge in [-0.05, 0) is 31.7 Å². The standard InChI is InChI=1S/C16H20O4/c1-15(18)16(10-6-5-9-14(16)17)11-13(19-20-15)12-7-3-2-4-8-12/h2-4,7-8,13,18H,5-6,9-11H2,1H3. The van der Waals surface area contributed by atoms with Gasteiger partial charge in [-0.25, -0.2) is 4.89 Å². The molecule has 2 aliphatic rings. The average molecular weight is 276 g/mol. The summed E-state index contributed by atoms with van der Waals surface area (Å²) in [6.07, 6.45) is 3.17. The van der Waals surface area contributed by atoms with Crippen molar-refractivity contribution in [1.82, 2.24) is 0 Å². The highest BCUT2D eigenvalue weighted by molar-refractivity contribution is 5.86. The van der Waals surface area contributed by atoms with Crippen LogP contribution in [0.3, 0.4) is 0 Å². The summed E-state index contributed by atoms with van der Waals surface area (Å²) in [4.78, 5) is 23.1. The number of hydrogen-bond acceptors (Lipinski definition) is 4. The van der Waals surface area contributed by atoms with Gasteiger partial charge in [0.05, 0.1) is 5.41 Å². The van der Waals surface area contributed by atoms with Crippen molar-refractivity contribution in [3.63, 3.8) is 0 Å². The van der Waals surface area contributed by atoms with E-state index < -0.39 is 11.2 Å². The number of benzene rings is 1. The summed E-state index contributed by atoms with van der Waals surface area (Å²) in [5.41, 5.74) is 0.130. The molecule has 1 aliphatic carbocycles. The van der Waals surface area contributed by atoms with Gasteiger partial charge in [0.15, 0.2) is 0 Å². The van der Waals surface area contributed by atoms with Crippen LogP contribution in [0.5, 0.6) is 0 Å². The Morgan fingerprint density at radius 2 is 2.00 bits per heavy atom. The highest BCUT2D eigenvalue weighted by Gasteiger charge is 2.59. The molecule has 3 atom stereocenters. The number of aliphatic hydroxyl groups is 1. The second kappa shape index (κ2) is 4.95. The summed E-state index contributed by atoms with van der Waals surface area (Å²) in [5.74, 6) is -1.45. The Morgan fingerprint density at radius 3 is 2.70 bits per heavy atom. The molecule has 0 amide bonds. The Morgan fingerprint density at radius 1 is 1.25 bits per heavy atom. The van der Waals surface area contributed by atoms with Crippen LogP contribution in [0.2, 0.25) is 0 Å². The largest absolute Gasteiger partial charge is 0.363 e. The lowest BCUT2D eigenvalue weighted by molar-refractivity contribution is -0.487. The van der Waals surface area contributed by atoms with Crippen molar-refractivity contribution in [2.45, 2.75) is 50.9 Å². The van der Waals surface area contributed by atoms with Crippen LogP contribution in [0, 0.1) is 5.41 Å². The molecule has 1 heterocycles. The van der Waals surface area contributed by atoms with Crippen LogP contribution >= 0.6 is 0 Å². The van der Waals surface area contributed by atoms with Crippen molar-refractivity contribution in [2.75, 3.05) is 0 Å². The molecule has 20 heavy (non-hydrogen) atoms. The van der Waals surface area contributed by atoms with Crippen LogP contribution in [0.1, 0.15) is 50.7 Å². The van der Waals surface area contributed by atoms with E-state index >= 15 is 0 Å². The molecule has 1 aromatic rings. The fourth-order valence-electron chi connectivity index (χ4n) is 3.41. The number of Topliss-reactive ketones (excluding diaryl/α,β-unsaturated/α-hetero) is 1. The van der Waals surface area contributed by atoms with Crippen LogP contribution in [0.4, 0.5) is 0 Å². The minimum Gasteiger partial charge on any atom is -0.363 e. The van der Waals surface area contributed by atoms with Crippen molar-refractivity contribution in [3.05, 3.63) is 35.9 Å². The first-order valence-corrected chi connectivity index (χ1v) is 7.20. The van der Waals surface area contributed by atoms with Gasteiger partial charge in [0.1, 0.15) is 11.9 Å². The van der Waals surface area contributed by atoms with E-state index in [0.29, 0.717) is 19.3 Å². The van der Waals surface area contributed by atoms with Gasteiger partial charge >= 0.3 is 0 Å². The molecule has 1 saturated heterocycles. The molecule has 1 aromatic carbocycles. The van der Waals surface area contributed by atoms with Gasteiger partial charge in [-0.1, -0.05) is 36.8 Å². The maximum Gasteiger partial charge on any atom is 0.209 e. The zero-order valence-electron chi connectivity index (χ0n) is 11.7. The Bertz CT molecular complexity index is 496. The lowest BCUT2D eigenvalue weighted by atomic mass is 9.64. The van der Waals surface area contributed by atoms with Crippen LogP contribution in [-0.2, 0) is 14.6 Å². The van der Waals surface area contributed by atoms with Gasteiger partial charge in [0.25, 0.3) is 0 Å².